The smallest absolute Gasteiger partial charge is 0.132 e. The average molecular weight is 1010 g/mol. The Hall–Kier alpha value is -9.61. The third kappa shape index (κ3) is 5.79. The lowest BCUT2D eigenvalue weighted by Crippen LogP contribution is -2.32. The van der Waals surface area contributed by atoms with E-state index < -0.39 is 10.8 Å². The number of ether oxygens (including phenoxy) is 1. The van der Waals surface area contributed by atoms with Crippen molar-refractivity contribution in [3.8, 4) is 50.6 Å². The van der Waals surface area contributed by atoms with Gasteiger partial charge in [0.1, 0.15) is 11.5 Å². The Labute approximate surface area is 456 Å². The normalized spacial score (nSPS) is 14.2. The maximum absolute atomic E-state index is 6.80. The summed E-state index contributed by atoms with van der Waals surface area (Å²) in [6.45, 7) is 0. The van der Waals surface area contributed by atoms with Crippen molar-refractivity contribution >= 4 is 50.6 Å². The minimum absolute atomic E-state index is 0.530. The summed E-state index contributed by atoms with van der Waals surface area (Å²) in [5.41, 5.74) is 23.0. The van der Waals surface area contributed by atoms with Crippen molar-refractivity contribution in [2.75, 3.05) is 4.90 Å². The number of nitrogens with zero attached hydrogens (tertiary/aromatic N) is 2. The van der Waals surface area contributed by atoms with Gasteiger partial charge >= 0.3 is 0 Å². The van der Waals surface area contributed by atoms with Crippen molar-refractivity contribution in [1.82, 2.24) is 4.57 Å². The molecule has 2 aliphatic carbocycles. The zero-order valence-electron chi connectivity index (χ0n) is 42.3. The largest absolute Gasteiger partial charge is 0.457 e. The quantitative estimate of drug-likeness (QED) is 0.171. The number of anilines is 3. The zero-order chi connectivity index (χ0) is 51.1. The lowest BCUT2D eigenvalue weighted by Gasteiger charge is -2.40. The van der Waals surface area contributed by atoms with Crippen molar-refractivity contribution in [1.29, 1.82) is 0 Å². The Bertz CT molecular complexity index is 4560. The minimum atomic E-state index is -0.631. The van der Waals surface area contributed by atoms with E-state index in [4.69, 9.17) is 4.74 Å². The van der Waals surface area contributed by atoms with Crippen LogP contribution in [0.1, 0.15) is 44.5 Å². The van der Waals surface area contributed by atoms with E-state index in [1.807, 2.05) is 11.8 Å². The summed E-state index contributed by atoms with van der Waals surface area (Å²) in [4.78, 5) is 5.12. The molecule has 0 amide bonds. The Morgan fingerprint density at radius 2 is 0.859 bits per heavy atom. The van der Waals surface area contributed by atoms with Crippen LogP contribution in [0.2, 0.25) is 0 Å². The van der Waals surface area contributed by atoms with E-state index in [9.17, 15) is 0 Å². The summed E-state index contributed by atoms with van der Waals surface area (Å²) in [5.74, 6) is 1.77. The van der Waals surface area contributed by atoms with Crippen LogP contribution in [0.5, 0.6) is 11.5 Å². The third-order valence-corrected chi connectivity index (χ3v) is 18.5. The van der Waals surface area contributed by atoms with E-state index in [2.05, 4.69) is 289 Å². The fourth-order valence-corrected chi connectivity index (χ4v) is 15.5. The molecule has 2 spiro atoms. The van der Waals surface area contributed by atoms with Gasteiger partial charge in [-0.3, -0.25) is 0 Å². The monoisotopic (exact) mass is 1010 g/mol. The lowest BCUT2D eigenvalue weighted by atomic mass is 9.66. The van der Waals surface area contributed by atoms with Crippen molar-refractivity contribution in [3.63, 3.8) is 0 Å². The van der Waals surface area contributed by atoms with Gasteiger partial charge in [0.15, 0.2) is 0 Å². The number of rotatable bonds is 5. The van der Waals surface area contributed by atoms with Crippen LogP contribution >= 0.6 is 11.8 Å². The Kier molecular flexibility index (Phi) is 9.20. The van der Waals surface area contributed by atoms with E-state index in [0.717, 1.165) is 50.9 Å². The number of aromatic nitrogens is 1. The van der Waals surface area contributed by atoms with Crippen molar-refractivity contribution in [2.24, 2.45) is 0 Å². The highest BCUT2D eigenvalue weighted by Gasteiger charge is 2.53. The molecule has 3 heterocycles. The molecule has 17 rings (SSSR count). The van der Waals surface area contributed by atoms with Crippen LogP contribution in [0.15, 0.2) is 289 Å². The van der Waals surface area contributed by atoms with Crippen LogP contribution in [0, 0.1) is 0 Å². The molecule has 3 nitrogen and oxygen atoms in total. The second-order valence-corrected chi connectivity index (χ2v) is 22.1. The average Bonchev–Trinajstić information content (AvgIpc) is 4.29. The van der Waals surface area contributed by atoms with Crippen LogP contribution in [0.3, 0.4) is 0 Å². The predicted molar refractivity (Wildman–Crippen MR) is 320 cm³/mol. The second-order valence-electron chi connectivity index (χ2n) is 21.0. The van der Waals surface area contributed by atoms with Gasteiger partial charge in [-0.1, -0.05) is 206 Å². The number of fused-ring (bicyclic) bond motifs is 21. The molecule has 2 aliphatic heterocycles. The van der Waals surface area contributed by atoms with Crippen molar-refractivity contribution in [2.45, 2.75) is 20.6 Å². The fraction of sp³-hybridized carbons (Fsp3) is 0.0270. The maximum Gasteiger partial charge on any atom is 0.132 e. The van der Waals surface area contributed by atoms with Gasteiger partial charge < -0.3 is 14.2 Å². The number of hydrogen-bond acceptors (Lipinski definition) is 3. The molecule has 78 heavy (non-hydrogen) atoms. The van der Waals surface area contributed by atoms with Gasteiger partial charge in [0, 0.05) is 54.3 Å². The molecule has 364 valence electrons. The highest BCUT2D eigenvalue weighted by molar-refractivity contribution is 7.99. The molecular formula is C74H46N2OS. The maximum atomic E-state index is 6.80. The van der Waals surface area contributed by atoms with Gasteiger partial charge in [0.25, 0.3) is 0 Å². The molecule has 0 atom stereocenters. The van der Waals surface area contributed by atoms with Crippen LogP contribution < -0.4 is 9.64 Å². The first kappa shape index (κ1) is 43.6. The molecule has 0 unspecified atom stereocenters. The zero-order valence-corrected chi connectivity index (χ0v) is 43.1. The first-order valence-electron chi connectivity index (χ1n) is 26.9. The second kappa shape index (κ2) is 16.4. The molecule has 0 fully saturated rings. The molecule has 4 aliphatic rings. The first-order valence-corrected chi connectivity index (χ1v) is 27.7. The van der Waals surface area contributed by atoms with E-state index in [0.29, 0.717) is 0 Å². The van der Waals surface area contributed by atoms with Crippen molar-refractivity contribution < 1.29 is 4.74 Å². The number of benzene rings is 12. The molecule has 0 radical (unpaired) electrons. The summed E-state index contributed by atoms with van der Waals surface area (Å²) in [7, 11) is 0. The SMILES string of the molecule is c1ccc(-n2c3ccccc3c3cc(-c4ccc(N(c5ccc6c(c5)C5(c7ccccc7Oc7ccccc75)c5ccccc5-6)c5cccc6c5-c5ccccc5C65c6ccccc6Sc6ccccc65)cc4)ccc32)cc1. The highest BCUT2D eigenvalue weighted by atomic mass is 32.2. The lowest BCUT2D eigenvalue weighted by molar-refractivity contribution is 0.436. The summed E-state index contributed by atoms with van der Waals surface area (Å²) in [6.07, 6.45) is 0. The molecule has 0 saturated heterocycles. The summed E-state index contributed by atoms with van der Waals surface area (Å²) in [5, 5.41) is 2.48. The Morgan fingerprint density at radius 3 is 1.59 bits per heavy atom. The Morgan fingerprint density at radius 1 is 0.333 bits per heavy atom. The van der Waals surface area contributed by atoms with Crippen LogP contribution in [0.25, 0.3) is 60.9 Å². The predicted octanol–water partition coefficient (Wildman–Crippen LogP) is 19.2. The molecule has 12 aromatic carbocycles. The molecular weight excluding hydrogens is 965 g/mol. The van der Waals surface area contributed by atoms with E-state index >= 15 is 0 Å². The van der Waals surface area contributed by atoms with Gasteiger partial charge in [-0.25, -0.2) is 0 Å². The van der Waals surface area contributed by atoms with Gasteiger partial charge in [0.05, 0.1) is 27.6 Å². The molecule has 0 N–H and O–H groups in total. The molecule has 0 bridgehead atoms. The molecule has 0 saturated carbocycles. The first-order chi connectivity index (χ1) is 38.7. The highest BCUT2D eigenvalue weighted by Crippen LogP contribution is 2.66. The van der Waals surface area contributed by atoms with E-state index in [1.54, 1.807) is 0 Å². The van der Waals surface area contributed by atoms with Gasteiger partial charge in [0.2, 0.25) is 0 Å². The van der Waals surface area contributed by atoms with Gasteiger partial charge in [-0.05, 0) is 146 Å². The van der Waals surface area contributed by atoms with Crippen LogP contribution in [-0.4, -0.2) is 4.57 Å². The molecule has 1 aromatic heterocycles. The fourth-order valence-electron chi connectivity index (χ4n) is 14.3. The Balaban J connectivity index is 0.911. The van der Waals surface area contributed by atoms with Crippen molar-refractivity contribution in [3.05, 3.63) is 324 Å². The third-order valence-electron chi connectivity index (χ3n) is 17.3. The molecule has 4 heteroatoms. The summed E-state index contributed by atoms with van der Waals surface area (Å²) >= 11 is 1.88. The summed E-state index contributed by atoms with van der Waals surface area (Å²) in [6, 6.07) is 104. The van der Waals surface area contributed by atoms with E-state index in [-0.39, 0.29) is 0 Å². The summed E-state index contributed by atoms with van der Waals surface area (Å²) < 4.78 is 9.18. The van der Waals surface area contributed by atoms with Crippen LogP contribution in [-0.2, 0) is 10.8 Å². The standard InChI is InChI=1S/C74H46N2OS/c1-2-19-49(20-3-1)76-65-31-13-6-22-54(65)56-45-48(39-44-66(56)76)47-37-40-50(41-38-47)75(51-42-43-53-52-21-4-7-24-57(52)73(64(53)46-51)59-26-9-14-33-68(59)77-69-34-15-10-27-60(69)73)67-32-18-30-63-72(67)55-23-5-8-25-58(55)74(63)61-28-11-16-35-70(61)78-71-36-17-12-29-62(71)74/h1-46H. The van der Waals surface area contributed by atoms with E-state index in [1.165, 1.54) is 92.8 Å². The van der Waals surface area contributed by atoms with Gasteiger partial charge in [-0.2, -0.15) is 0 Å². The van der Waals surface area contributed by atoms with Crippen LogP contribution in [0.4, 0.5) is 17.1 Å². The number of para-hydroxylation sites is 4. The number of hydrogen-bond donors (Lipinski definition) is 0. The van der Waals surface area contributed by atoms with Gasteiger partial charge in [-0.15, -0.1) is 0 Å². The minimum Gasteiger partial charge on any atom is -0.457 e. The topological polar surface area (TPSA) is 17.4 Å². The molecule has 13 aromatic rings.